The number of aromatic carboxylic acids is 1. The fourth-order valence-corrected chi connectivity index (χ4v) is 2.16. The van der Waals surface area contributed by atoms with Crippen molar-refractivity contribution in [3.63, 3.8) is 0 Å². The zero-order chi connectivity index (χ0) is 12.4. The molecule has 2 aromatic carbocycles. The molecule has 0 saturated carbocycles. The van der Waals surface area contributed by atoms with Crippen LogP contribution in [0.2, 0.25) is 0 Å². The summed E-state index contributed by atoms with van der Waals surface area (Å²) in [6.45, 7) is 2.01. The molecule has 2 aromatic rings. The molecular weight excluding hydrogens is 280 g/mol. The Labute approximate surface area is 108 Å². The van der Waals surface area contributed by atoms with E-state index in [1.165, 1.54) is 0 Å². The van der Waals surface area contributed by atoms with Gasteiger partial charge in [0.05, 0.1) is 5.56 Å². The zero-order valence-electron chi connectivity index (χ0n) is 9.27. The molecule has 2 rings (SSSR count). The van der Waals surface area contributed by atoms with E-state index in [9.17, 15) is 4.79 Å². The van der Waals surface area contributed by atoms with Gasteiger partial charge in [-0.3, -0.25) is 0 Å². The SMILES string of the molecule is Cc1ccc(Br)c(-c2cccc(C(=O)O)c2)c1. The van der Waals surface area contributed by atoms with Gasteiger partial charge in [-0.05, 0) is 36.2 Å². The number of hydrogen-bond donors (Lipinski definition) is 1. The summed E-state index contributed by atoms with van der Waals surface area (Å²) in [6.07, 6.45) is 0. The fraction of sp³-hybridized carbons (Fsp3) is 0.0714. The summed E-state index contributed by atoms with van der Waals surface area (Å²) in [5, 5.41) is 8.97. The molecule has 0 unspecified atom stereocenters. The summed E-state index contributed by atoms with van der Waals surface area (Å²) in [7, 11) is 0. The first-order valence-electron chi connectivity index (χ1n) is 5.18. The predicted molar refractivity (Wildman–Crippen MR) is 71.3 cm³/mol. The first kappa shape index (κ1) is 11.9. The van der Waals surface area contributed by atoms with Gasteiger partial charge in [-0.2, -0.15) is 0 Å². The van der Waals surface area contributed by atoms with Crippen LogP contribution < -0.4 is 0 Å². The lowest BCUT2D eigenvalue weighted by Crippen LogP contribution is -1.95. The topological polar surface area (TPSA) is 37.3 Å². The molecule has 0 atom stereocenters. The second kappa shape index (κ2) is 4.72. The van der Waals surface area contributed by atoms with Gasteiger partial charge in [-0.25, -0.2) is 4.79 Å². The van der Waals surface area contributed by atoms with E-state index < -0.39 is 5.97 Å². The van der Waals surface area contributed by atoms with E-state index in [0.717, 1.165) is 21.2 Å². The summed E-state index contributed by atoms with van der Waals surface area (Å²) in [5.74, 6) is -0.907. The van der Waals surface area contributed by atoms with Gasteiger partial charge in [0.25, 0.3) is 0 Å². The number of carboxylic acids is 1. The van der Waals surface area contributed by atoms with E-state index in [1.807, 2.05) is 31.2 Å². The minimum absolute atomic E-state index is 0.302. The predicted octanol–water partition coefficient (Wildman–Crippen LogP) is 4.12. The van der Waals surface area contributed by atoms with Gasteiger partial charge in [0, 0.05) is 4.47 Å². The third-order valence-electron chi connectivity index (χ3n) is 2.54. The zero-order valence-corrected chi connectivity index (χ0v) is 10.9. The maximum atomic E-state index is 10.9. The van der Waals surface area contributed by atoms with Crippen LogP contribution in [-0.4, -0.2) is 11.1 Å². The molecule has 0 aliphatic carbocycles. The summed E-state index contributed by atoms with van der Waals surface area (Å²) in [5.41, 5.74) is 3.36. The van der Waals surface area contributed by atoms with Gasteiger partial charge in [0.1, 0.15) is 0 Å². The molecule has 0 amide bonds. The molecule has 0 heterocycles. The molecule has 0 saturated heterocycles. The van der Waals surface area contributed by atoms with Crippen molar-refractivity contribution in [2.75, 3.05) is 0 Å². The van der Waals surface area contributed by atoms with Crippen molar-refractivity contribution in [3.8, 4) is 11.1 Å². The normalized spacial score (nSPS) is 10.2. The number of hydrogen-bond acceptors (Lipinski definition) is 1. The number of carboxylic acid groups (broad SMARTS) is 1. The largest absolute Gasteiger partial charge is 0.478 e. The highest BCUT2D eigenvalue weighted by molar-refractivity contribution is 9.10. The van der Waals surface area contributed by atoms with E-state index in [4.69, 9.17) is 5.11 Å². The van der Waals surface area contributed by atoms with Crippen LogP contribution in [0.15, 0.2) is 46.9 Å². The Morgan fingerprint density at radius 2 is 1.94 bits per heavy atom. The van der Waals surface area contributed by atoms with Crippen LogP contribution in [0.5, 0.6) is 0 Å². The average molecular weight is 291 g/mol. The van der Waals surface area contributed by atoms with Crippen LogP contribution in [0.3, 0.4) is 0 Å². The molecular formula is C14H11BrO2. The number of aryl methyl sites for hydroxylation is 1. The van der Waals surface area contributed by atoms with E-state index >= 15 is 0 Å². The number of benzene rings is 2. The molecule has 0 aliphatic heterocycles. The summed E-state index contributed by atoms with van der Waals surface area (Å²) < 4.78 is 0.964. The van der Waals surface area contributed by atoms with Gasteiger partial charge in [-0.15, -0.1) is 0 Å². The Morgan fingerprint density at radius 1 is 1.18 bits per heavy atom. The van der Waals surface area contributed by atoms with Crippen LogP contribution >= 0.6 is 15.9 Å². The Balaban J connectivity index is 2.56. The maximum absolute atomic E-state index is 10.9. The summed E-state index contributed by atoms with van der Waals surface area (Å²) >= 11 is 3.48. The highest BCUT2D eigenvalue weighted by atomic mass is 79.9. The quantitative estimate of drug-likeness (QED) is 0.903. The van der Waals surface area contributed by atoms with E-state index in [1.54, 1.807) is 18.2 Å². The van der Waals surface area contributed by atoms with Crippen LogP contribution in [0.25, 0.3) is 11.1 Å². The third-order valence-corrected chi connectivity index (χ3v) is 3.23. The smallest absolute Gasteiger partial charge is 0.335 e. The molecule has 0 aliphatic rings. The van der Waals surface area contributed by atoms with Crippen molar-refractivity contribution in [1.82, 2.24) is 0 Å². The highest BCUT2D eigenvalue weighted by Crippen LogP contribution is 2.29. The minimum Gasteiger partial charge on any atom is -0.478 e. The summed E-state index contributed by atoms with van der Waals surface area (Å²) in [6, 6.07) is 13.0. The van der Waals surface area contributed by atoms with E-state index in [0.29, 0.717) is 5.56 Å². The van der Waals surface area contributed by atoms with Crippen molar-refractivity contribution in [3.05, 3.63) is 58.1 Å². The van der Waals surface area contributed by atoms with Gasteiger partial charge in [0.2, 0.25) is 0 Å². The number of halogens is 1. The monoisotopic (exact) mass is 290 g/mol. The van der Waals surface area contributed by atoms with Crippen LogP contribution in [0.4, 0.5) is 0 Å². The Morgan fingerprint density at radius 3 is 2.65 bits per heavy atom. The lowest BCUT2D eigenvalue weighted by atomic mass is 10.0. The lowest BCUT2D eigenvalue weighted by molar-refractivity contribution is 0.0697. The first-order valence-corrected chi connectivity index (χ1v) is 5.97. The van der Waals surface area contributed by atoms with Gasteiger partial charge >= 0.3 is 5.97 Å². The lowest BCUT2D eigenvalue weighted by Gasteiger charge is -2.07. The van der Waals surface area contributed by atoms with Gasteiger partial charge in [-0.1, -0.05) is 45.8 Å². The van der Waals surface area contributed by atoms with Crippen molar-refractivity contribution in [2.24, 2.45) is 0 Å². The number of rotatable bonds is 2. The van der Waals surface area contributed by atoms with Crippen molar-refractivity contribution >= 4 is 21.9 Å². The second-order valence-electron chi connectivity index (χ2n) is 3.87. The van der Waals surface area contributed by atoms with Crippen LogP contribution in [0.1, 0.15) is 15.9 Å². The highest BCUT2D eigenvalue weighted by Gasteiger charge is 2.07. The molecule has 3 heteroatoms. The maximum Gasteiger partial charge on any atom is 0.335 e. The summed E-state index contributed by atoms with van der Waals surface area (Å²) in [4.78, 5) is 10.9. The Kier molecular flexibility index (Phi) is 3.29. The molecule has 17 heavy (non-hydrogen) atoms. The minimum atomic E-state index is -0.907. The van der Waals surface area contributed by atoms with E-state index in [2.05, 4.69) is 15.9 Å². The third kappa shape index (κ3) is 2.56. The van der Waals surface area contributed by atoms with Crippen LogP contribution in [-0.2, 0) is 0 Å². The second-order valence-corrected chi connectivity index (χ2v) is 4.72. The molecule has 0 aromatic heterocycles. The van der Waals surface area contributed by atoms with E-state index in [-0.39, 0.29) is 0 Å². The van der Waals surface area contributed by atoms with Crippen molar-refractivity contribution in [1.29, 1.82) is 0 Å². The average Bonchev–Trinajstić information content (AvgIpc) is 2.32. The Bertz CT molecular complexity index is 576. The standard InChI is InChI=1S/C14H11BrO2/c1-9-5-6-13(15)12(7-9)10-3-2-4-11(8-10)14(16)17/h2-8H,1H3,(H,16,17). The van der Waals surface area contributed by atoms with Crippen molar-refractivity contribution < 1.29 is 9.90 Å². The van der Waals surface area contributed by atoms with Crippen LogP contribution in [0, 0.1) is 6.92 Å². The molecule has 0 bridgehead atoms. The molecule has 0 spiro atoms. The van der Waals surface area contributed by atoms with Crippen molar-refractivity contribution in [2.45, 2.75) is 6.92 Å². The molecule has 0 radical (unpaired) electrons. The van der Waals surface area contributed by atoms with Gasteiger partial charge < -0.3 is 5.11 Å². The van der Waals surface area contributed by atoms with Gasteiger partial charge in [0.15, 0.2) is 0 Å². The molecule has 1 N–H and O–H groups in total. The fourth-order valence-electron chi connectivity index (χ4n) is 1.68. The number of carbonyl (C=O) groups is 1. The Hall–Kier alpha value is -1.61. The molecule has 0 fully saturated rings. The first-order chi connectivity index (χ1) is 8.08. The molecule has 86 valence electrons. The molecule has 2 nitrogen and oxygen atoms in total.